The maximum atomic E-state index is 12.7. The number of amides is 2. The maximum absolute atomic E-state index is 12.7. The van der Waals surface area contributed by atoms with E-state index in [0.717, 1.165) is 24.3 Å². The van der Waals surface area contributed by atoms with Gasteiger partial charge in [-0.25, -0.2) is 14.4 Å². The van der Waals surface area contributed by atoms with Crippen molar-refractivity contribution in [3.05, 3.63) is 77.1 Å². The molecule has 0 saturated carbocycles. The first kappa shape index (κ1) is 56.1. The number of methoxy groups -OCH3 is 1. The molecule has 324 valence electrons. The third-order valence-electron chi connectivity index (χ3n) is 8.69. The predicted octanol–water partition coefficient (Wildman–Crippen LogP) is 4.59. The zero-order valence-corrected chi connectivity index (χ0v) is 40.4. The number of hydrogen-bond donors (Lipinski definition) is 1. The van der Waals surface area contributed by atoms with Crippen LogP contribution in [0.4, 0.5) is 9.59 Å². The van der Waals surface area contributed by atoms with Crippen molar-refractivity contribution in [1.82, 2.24) is 9.80 Å². The van der Waals surface area contributed by atoms with Gasteiger partial charge in [0.05, 0.1) is 51.1 Å². The summed E-state index contributed by atoms with van der Waals surface area (Å²) >= 11 is 11.9. The van der Waals surface area contributed by atoms with Gasteiger partial charge in [0, 0.05) is 23.3 Å². The summed E-state index contributed by atoms with van der Waals surface area (Å²) < 4.78 is 32.1. The minimum atomic E-state index is -1.04. The summed E-state index contributed by atoms with van der Waals surface area (Å²) in [6.07, 6.45) is 1.65. The summed E-state index contributed by atoms with van der Waals surface area (Å²) in [5.74, 6) is -0.501. The molecule has 3 aliphatic rings. The molecule has 0 aromatic heterocycles. The van der Waals surface area contributed by atoms with Gasteiger partial charge in [-0.15, -0.1) is 0 Å². The van der Waals surface area contributed by atoms with Gasteiger partial charge in [0.1, 0.15) is 17.3 Å². The van der Waals surface area contributed by atoms with Crippen LogP contribution in [0.2, 0.25) is 10.0 Å². The van der Waals surface area contributed by atoms with Crippen molar-refractivity contribution in [3.8, 4) is 0 Å². The smallest absolute Gasteiger partial charge is 1.00 e. The largest absolute Gasteiger partial charge is 2.00 e. The Hall–Kier alpha value is -1.88. The average Bonchev–Trinajstić information content (AvgIpc) is 3.69. The number of aliphatic hydroxyl groups is 1. The van der Waals surface area contributed by atoms with Gasteiger partial charge >= 0.3 is 41.2 Å². The number of morpholine rings is 2. The second-order valence-electron chi connectivity index (χ2n) is 16.4. The van der Waals surface area contributed by atoms with E-state index in [1.807, 2.05) is 57.2 Å². The summed E-state index contributed by atoms with van der Waals surface area (Å²) in [5, 5.41) is 11.6. The van der Waals surface area contributed by atoms with Crippen molar-refractivity contribution in [3.63, 3.8) is 0 Å². The van der Waals surface area contributed by atoms with Crippen molar-refractivity contribution in [2.24, 2.45) is 0 Å². The Bertz CT molecular complexity index is 1510. The van der Waals surface area contributed by atoms with E-state index < -0.39 is 41.1 Å². The van der Waals surface area contributed by atoms with Gasteiger partial charge in [0.2, 0.25) is 0 Å². The first-order valence-electron chi connectivity index (χ1n) is 18.7. The van der Waals surface area contributed by atoms with Crippen LogP contribution in [0.15, 0.2) is 48.5 Å². The van der Waals surface area contributed by atoms with E-state index in [2.05, 4.69) is 0 Å². The van der Waals surface area contributed by atoms with Gasteiger partial charge in [-0.1, -0.05) is 47.5 Å². The molecule has 1 N–H and O–H groups in total. The molecule has 3 aliphatic heterocycles. The Morgan fingerprint density at radius 3 is 1.47 bits per heavy atom. The minimum Gasteiger partial charge on any atom is -1.00 e. The van der Waals surface area contributed by atoms with Crippen LogP contribution in [0.25, 0.3) is 0 Å². The average molecular weight is 931 g/mol. The van der Waals surface area contributed by atoms with Crippen LogP contribution < -0.4 is 17.0 Å². The van der Waals surface area contributed by atoms with Crippen molar-refractivity contribution >= 4 is 64.4 Å². The minimum absolute atomic E-state index is 0. The summed E-state index contributed by atoms with van der Waals surface area (Å²) in [6.45, 7) is 17.3. The molecule has 2 amide bonds. The van der Waals surface area contributed by atoms with Crippen LogP contribution in [-0.2, 0) is 46.1 Å². The number of rotatable bonds is 6. The van der Waals surface area contributed by atoms with E-state index in [1.54, 1.807) is 56.6 Å². The molecule has 58 heavy (non-hydrogen) atoms. The summed E-state index contributed by atoms with van der Waals surface area (Å²) in [5.41, 5.74) is -0.159. The normalized spacial score (nSPS) is 20.6. The Morgan fingerprint density at radius 2 is 1.12 bits per heavy atom. The third-order valence-corrected chi connectivity index (χ3v) is 9.19. The molecule has 0 spiro atoms. The zero-order valence-electron chi connectivity index (χ0n) is 35.9. The van der Waals surface area contributed by atoms with Crippen molar-refractivity contribution in [2.75, 3.05) is 46.6 Å². The number of ether oxygens (including phenoxy) is 6. The molecule has 0 unspecified atom stereocenters. The van der Waals surface area contributed by atoms with Gasteiger partial charge in [-0.2, -0.15) is 0 Å². The van der Waals surface area contributed by atoms with Crippen LogP contribution in [0, 0.1) is 7.43 Å². The van der Waals surface area contributed by atoms with E-state index in [1.165, 1.54) is 20.0 Å². The monoisotopic (exact) mass is 928 g/mol. The Balaban J connectivity index is 0.000000952. The molecule has 16 heteroatoms. The number of nitrogens with zero attached hydrogens (tertiary/aromatic N) is 2. The summed E-state index contributed by atoms with van der Waals surface area (Å²) in [4.78, 5) is 40.3. The molecule has 0 aliphatic carbocycles. The summed E-state index contributed by atoms with van der Waals surface area (Å²) in [7, 11) is 1.29. The van der Waals surface area contributed by atoms with E-state index in [0.29, 0.717) is 29.5 Å². The molecule has 3 saturated heterocycles. The van der Waals surface area contributed by atoms with Crippen LogP contribution in [0.1, 0.15) is 79.4 Å². The van der Waals surface area contributed by atoms with E-state index >= 15 is 0 Å². The van der Waals surface area contributed by atoms with Crippen LogP contribution >= 0.6 is 23.2 Å². The van der Waals surface area contributed by atoms with E-state index in [9.17, 15) is 19.5 Å². The second kappa shape index (κ2) is 25.8. The number of halogens is 3. The topological polar surface area (TPSA) is 133 Å². The molecule has 2 aromatic rings. The van der Waals surface area contributed by atoms with Crippen LogP contribution in [0.3, 0.4) is 0 Å². The van der Waals surface area contributed by atoms with Gasteiger partial charge in [-0.3, -0.25) is 9.80 Å². The molecule has 3 fully saturated rings. The van der Waals surface area contributed by atoms with E-state index in [4.69, 9.17) is 51.6 Å². The molecule has 2 aromatic carbocycles. The van der Waals surface area contributed by atoms with Crippen molar-refractivity contribution < 1.29 is 64.9 Å². The molecule has 4 atom stereocenters. The fourth-order valence-corrected chi connectivity index (χ4v) is 6.07. The predicted molar refractivity (Wildman–Crippen MR) is 224 cm³/mol. The first-order chi connectivity index (χ1) is 25.6. The van der Waals surface area contributed by atoms with Gasteiger partial charge < -0.3 is 57.9 Å². The maximum Gasteiger partial charge on any atom is 2.00 e. The quantitative estimate of drug-likeness (QED) is 0.190. The number of carbonyl (C=O) groups excluding carboxylic acids is 3. The Kier molecular flexibility index (Phi) is 24.9. The SMILES string of the molecule is C1CCOC1.CC(C)(C)OC(=O)N1C[C@H](C(C)(C)O)OC[C@@H]1Cc1ccc(Cl)cc1.COC(=O)[C@H]1CN(C(=O)OC(C)(C)C)[C@@H](Cc2ccc(Cl)cc2)CO1.[Br-].[CH3-].[Mg+2]. The summed E-state index contributed by atoms with van der Waals surface area (Å²) in [6, 6.07) is 14.6. The second-order valence-corrected chi connectivity index (χ2v) is 17.2. The molecule has 0 bridgehead atoms. The van der Waals surface area contributed by atoms with Gasteiger partial charge in [0.15, 0.2) is 6.10 Å². The van der Waals surface area contributed by atoms with Crippen LogP contribution in [-0.4, -0.2) is 144 Å². The Labute approximate surface area is 382 Å². The fourth-order valence-electron chi connectivity index (χ4n) is 5.82. The molecule has 3 heterocycles. The van der Waals surface area contributed by atoms with Crippen molar-refractivity contribution in [2.45, 2.75) is 122 Å². The molecule has 0 radical (unpaired) electrons. The molecular weight excluding hydrogens is 868 g/mol. The molecular formula is C42H63BrCl2MgN2O10. The van der Waals surface area contributed by atoms with Gasteiger partial charge in [0.25, 0.3) is 0 Å². The molecule has 5 rings (SSSR count). The standard InChI is InChI=1S/C19H28ClNO4.C18H24ClNO5.C4H8O.CH3.BrH.Mg/c1-18(2,3)25-17(22)21-11-16(19(4,5)23)24-12-15(21)10-13-6-8-14(20)9-7-13;1-18(2,3)25-17(22)20-10-15(16(21)23-4)24-11-14(20)9-12-5-7-13(19)8-6-12;1-2-4-5-3-1;;;/h6-9,15-16,23H,10-12H2,1-5H3;5-8,14-15H,9-11H2,1-4H3;1-4H2;1H3;1H;/q;;;-1;;+2/p-1/t15-,16+;14-,15+;;;;/m00..../s1. The Morgan fingerprint density at radius 1 is 0.724 bits per heavy atom. The zero-order chi connectivity index (χ0) is 41.0. The van der Waals surface area contributed by atoms with Crippen molar-refractivity contribution in [1.29, 1.82) is 0 Å². The van der Waals surface area contributed by atoms with E-state index in [-0.39, 0.29) is 85.3 Å². The number of benzene rings is 2. The number of esters is 1. The number of carbonyl (C=O) groups is 3. The third kappa shape index (κ3) is 20.1. The number of hydrogen-bond acceptors (Lipinski definition) is 10. The van der Waals surface area contributed by atoms with Gasteiger partial charge in [-0.05, 0) is 116 Å². The molecule has 12 nitrogen and oxygen atoms in total. The fraction of sp³-hybridized carbons (Fsp3) is 0.619. The first-order valence-corrected chi connectivity index (χ1v) is 19.5. The van der Waals surface area contributed by atoms with Crippen LogP contribution in [0.5, 0.6) is 0 Å².